The maximum absolute atomic E-state index is 13.1. The molecule has 3 rings (SSSR count). The fourth-order valence-corrected chi connectivity index (χ4v) is 3.48. The second-order valence-corrected chi connectivity index (χ2v) is 7.40. The van der Waals surface area contributed by atoms with Crippen molar-refractivity contribution in [1.29, 1.82) is 0 Å². The van der Waals surface area contributed by atoms with Crippen LogP contribution in [0, 0.1) is 5.92 Å². The lowest BCUT2D eigenvalue weighted by molar-refractivity contribution is 0.100. The molecule has 0 aliphatic heterocycles. The zero-order valence-electron chi connectivity index (χ0n) is 15.3. The molecule has 2 aromatic carbocycles. The van der Waals surface area contributed by atoms with Gasteiger partial charge in [0.25, 0.3) is 5.56 Å². The molecule has 0 atom stereocenters. The largest absolute Gasteiger partial charge is 0.366 e. The highest BCUT2D eigenvalue weighted by molar-refractivity contribution is 6.30. The van der Waals surface area contributed by atoms with E-state index in [9.17, 15) is 9.59 Å². The lowest BCUT2D eigenvalue weighted by Gasteiger charge is -2.21. The zero-order valence-corrected chi connectivity index (χ0v) is 16.1. The standard InChI is InChI=1S/C21H22ClN3O2/c1-12(2)11-25-18(10-23)19(13-3-6-15(22)7-4-13)17-9-14(20(24)26)5-8-16(17)21(25)27/h3-9,12H,10-11,23H2,1-2H3,(H2,24,26). The summed E-state index contributed by atoms with van der Waals surface area (Å²) in [7, 11) is 0. The molecule has 6 heteroatoms. The van der Waals surface area contributed by atoms with Gasteiger partial charge in [0.05, 0.1) is 0 Å². The number of hydrogen-bond acceptors (Lipinski definition) is 3. The number of amides is 1. The number of aromatic nitrogens is 1. The first kappa shape index (κ1) is 19.1. The van der Waals surface area contributed by atoms with Crippen molar-refractivity contribution in [1.82, 2.24) is 4.57 Å². The van der Waals surface area contributed by atoms with Crippen LogP contribution in [0.25, 0.3) is 21.9 Å². The molecule has 0 saturated heterocycles. The Kier molecular flexibility index (Phi) is 5.35. The number of carbonyl (C=O) groups excluding carboxylic acids is 1. The van der Waals surface area contributed by atoms with Crippen molar-refractivity contribution in [3.05, 3.63) is 69.1 Å². The van der Waals surface area contributed by atoms with Gasteiger partial charge in [-0.25, -0.2) is 0 Å². The van der Waals surface area contributed by atoms with Gasteiger partial charge in [-0.2, -0.15) is 0 Å². The van der Waals surface area contributed by atoms with Gasteiger partial charge in [0.1, 0.15) is 0 Å². The summed E-state index contributed by atoms with van der Waals surface area (Å²) in [4.78, 5) is 24.8. The van der Waals surface area contributed by atoms with Gasteiger partial charge in [-0.1, -0.05) is 37.6 Å². The van der Waals surface area contributed by atoms with Crippen molar-refractivity contribution in [2.45, 2.75) is 26.9 Å². The van der Waals surface area contributed by atoms with Crippen LogP contribution in [0.3, 0.4) is 0 Å². The minimum Gasteiger partial charge on any atom is -0.366 e. The van der Waals surface area contributed by atoms with Gasteiger partial charge in [0.2, 0.25) is 5.91 Å². The third-order valence-electron chi connectivity index (χ3n) is 4.54. The van der Waals surface area contributed by atoms with Crippen molar-refractivity contribution in [2.75, 3.05) is 0 Å². The van der Waals surface area contributed by atoms with Gasteiger partial charge in [-0.3, -0.25) is 9.59 Å². The Morgan fingerprint density at radius 2 is 1.78 bits per heavy atom. The monoisotopic (exact) mass is 383 g/mol. The van der Waals surface area contributed by atoms with Crippen LogP contribution in [0.15, 0.2) is 47.3 Å². The highest BCUT2D eigenvalue weighted by Gasteiger charge is 2.19. The van der Waals surface area contributed by atoms with Crippen molar-refractivity contribution in [3.63, 3.8) is 0 Å². The molecular weight excluding hydrogens is 362 g/mol. The first-order chi connectivity index (χ1) is 12.8. The van der Waals surface area contributed by atoms with Crippen LogP contribution < -0.4 is 17.0 Å². The normalized spacial score (nSPS) is 11.3. The topological polar surface area (TPSA) is 91.1 Å². The zero-order chi connectivity index (χ0) is 19.7. The fourth-order valence-electron chi connectivity index (χ4n) is 3.36. The minimum atomic E-state index is -0.542. The fraction of sp³-hybridized carbons (Fsp3) is 0.238. The van der Waals surface area contributed by atoms with E-state index in [1.165, 1.54) is 0 Å². The molecule has 0 aliphatic rings. The highest BCUT2D eigenvalue weighted by Crippen LogP contribution is 2.32. The van der Waals surface area contributed by atoms with E-state index >= 15 is 0 Å². The predicted octanol–water partition coefficient (Wildman–Crippen LogP) is 3.54. The third kappa shape index (κ3) is 3.61. The quantitative estimate of drug-likeness (QED) is 0.705. The second-order valence-electron chi connectivity index (χ2n) is 6.97. The molecule has 0 fully saturated rings. The van der Waals surface area contributed by atoms with Gasteiger partial charge >= 0.3 is 0 Å². The van der Waals surface area contributed by atoms with Gasteiger partial charge in [0.15, 0.2) is 0 Å². The SMILES string of the molecule is CC(C)Cn1c(CN)c(-c2ccc(Cl)cc2)c2cc(C(N)=O)ccc2c1=O. The van der Waals surface area contributed by atoms with Gasteiger partial charge in [-0.15, -0.1) is 0 Å². The van der Waals surface area contributed by atoms with E-state index in [0.29, 0.717) is 27.9 Å². The Labute approximate surface area is 162 Å². The van der Waals surface area contributed by atoms with E-state index in [2.05, 4.69) is 13.8 Å². The van der Waals surface area contributed by atoms with E-state index < -0.39 is 5.91 Å². The van der Waals surface area contributed by atoms with E-state index in [-0.39, 0.29) is 18.0 Å². The number of pyridine rings is 1. The molecule has 0 radical (unpaired) electrons. The van der Waals surface area contributed by atoms with E-state index in [1.54, 1.807) is 34.9 Å². The first-order valence-corrected chi connectivity index (χ1v) is 9.16. The minimum absolute atomic E-state index is 0.118. The molecular formula is C21H22ClN3O2. The average molecular weight is 384 g/mol. The summed E-state index contributed by atoms with van der Waals surface area (Å²) in [5.74, 6) is -0.270. The number of benzene rings is 2. The summed E-state index contributed by atoms with van der Waals surface area (Å²) in [6.07, 6.45) is 0. The summed E-state index contributed by atoms with van der Waals surface area (Å²) in [5.41, 5.74) is 14.2. The molecule has 5 nitrogen and oxygen atoms in total. The summed E-state index contributed by atoms with van der Waals surface area (Å²) in [5, 5.41) is 1.81. The molecule has 1 aromatic heterocycles. The van der Waals surface area contributed by atoms with Crippen LogP contribution in [-0.4, -0.2) is 10.5 Å². The summed E-state index contributed by atoms with van der Waals surface area (Å²) in [6, 6.07) is 12.3. The molecule has 140 valence electrons. The Balaban J connectivity index is 2.48. The van der Waals surface area contributed by atoms with Crippen molar-refractivity contribution < 1.29 is 4.79 Å². The lowest BCUT2D eigenvalue weighted by atomic mass is 9.95. The number of rotatable bonds is 5. The molecule has 0 saturated carbocycles. The number of hydrogen-bond donors (Lipinski definition) is 2. The Bertz CT molecular complexity index is 1070. The lowest BCUT2D eigenvalue weighted by Crippen LogP contribution is -2.28. The summed E-state index contributed by atoms with van der Waals surface area (Å²) in [6.45, 7) is 4.85. The van der Waals surface area contributed by atoms with E-state index in [1.807, 2.05) is 12.1 Å². The number of primary amides is 1. The van der Waals surface area contributed by atoms with Gasteiger partial charge < -0.3 is 16.0 Å². The maximum Gasteiger partial charge on any atom is 0.258 e. The average Bonchev–Trinajstić information content (AvgIpc) is 2.63. The van der Waals surface area contributed by atoms with Crippen LogP contribution in [-0.2, 0) is 13.1 Å². The molecule has 0 aliphatic carbocycles. The van der Waals surface area contributed by atoms with Crippen molar-refractivity contribution in [2.24, 2.45) is 17.4 Å². The number of halogens is 1. The molecule has 1 amide bonds. The number of nitrogens with zero attached hydrogens (tertiary/aromatic N) is 1. The Morgan fingerprint density at radius 3 is 2.33 bits per heavy atom. The van der Waals surface area contributed by atoms with Crippen LogP contribution in [0.4, 0.5) is 0 Å². The predicted molar refractivity (Wildman–Crippen MR) is 110 cm³/mol. The summed E-state index contributed by atoms with van der Waals surface area (Å²) < 4.78 is 1.74. The van der Waals surface area contributed by atoms with Crippen molar-refractivity contribution >= 4 is 28.3 Å². The van der Waals surface area contributed by atoms with Gasteiger partial charge in [0, 0.05) is 40.3 Å². The highest BCUT2D eigenvalue weighted by atomic mass is 35.5. The molecule has 27 heavy (non-hydrogen) atoms. The van der Waals surface area contributed by atoms with E-state index in [0.717, 1.165) is 16.8 Å². The van der Waals surface area contributed by atoms with E-state index in [4.69, 9.17) is 23.1 Å². The third-order valence-corrected chi connectivity index (χ3v) is 4.79. The number of nitrogens with two attached hydrogens (primary N) is 2. The van der Waals surface area contributed by atoms with Crippen LogP contribution in [0.5, 0.6) is 0 Å². The van der Waals surface area contributed by atoms with Gasteiger partial charge in [-0.05, 0) is 47.2 Å². The second kappa shape index (κ2) is 7.55. The summed E-state index contributed by atoms with van der Waals surface area (Å²) >= 11 is 6.04. The molecule has 3 aromatic rings. The maximum atomic E-state index is 13.1. The molecule has 4 N–H and O–H groups in total. The smallest absolute Gasteiger partial charge is 0.258 e. The Hall–Kier alpha value is -2.63. The molecule has 0 spiro atoms. The molecule has 0 bridgehead atoms. The number of fused-ring (bicyclic) bond motifs is 1. The van der Waals surface area contributed by atoms with Crippen molar-refractivity contribution in [3.8, 4) is 11.1 Å². The van der Waals surface area contributed by atoms with Crippen LogP contribution >= 0.6 is 11.6 Å². The first-order valence-electron chi connectivity index (χ1n) is 8.78. The Morgan fingerprint density at radius 1 is 1.11 bits per heavy atom. The van der Waals surface area contributed by atoms with Crippen LogP contribution in [0.2, 0.25) is 5.02 Å². The number of carbonyl (C=O) groups is 1. The van der Waals surface area contributed by atoms with Crippen LogP contribution in [0.1, 0.15) is 29.9 Å². The molecule has 1 heterocycles. The molecule has 0 unspecified atom stereocenters.